The number of benzene rings is 1. The summed E-state index contributed by atoms with van der Waals surface area (Å²) in [6.45, 7) is 7.00. The quantitative estimate of drug-likeness (QED) is 0.462. The summed E-state index contributed by atoms with van der Waals surface area (Å²) in [7, 11) is -2.56. The van der Waals surface area contributed by atoms with Crippen LogP contribution in [0.15, 0.2) is 47.6 Å². The summed E-state index contributed by atoms with van der Waals surface area (Å²) in [6, 6.07) is 6.62. The molecule has 0 aliphatic heterocycles. The molecule has 2 aromatic rings. The first-order chi connectivity index (χ1) is 14.6. The van der Waals surface area contributed by atoms with Crippen molar-refractivity contribution in [1.82, 2.24) is 24.5 Å². The predicted molar refractivity (Wildman–Crippen MR) is 115 cm³/mol. The topological polar surface area (TPSA) is 114 Å². The van der Waals surface area contributed by atoms with Crippen molar-refractivity contribution in [3.63, 3.8) is 0 Å². The van der Waals surface area contributed by atoms with E-state index in [2.05, 4.69) is 10.4 Å². The van der Waals surface area contributed by atoms with Gasteiger partial charge in [-0.05, 0) is 45.4 Å². The highest BCUT2D eigenvalue weighted by atomic mass is 32.2. The van der Waals surface area contributed by atoms with Crippen molar-refractivity contribution in [2.75, 3.05) is 13.7 Å². The van der Waals surface area contributed by atoms with Crippen LogP contribution >= 0.6 is 0 Å². The van der Waals surface area contributed by atoms with Gasteiger partial charge in [0.25, 0.3) is 15.9 Å². The van der Waals surface area contributed by atoms with E-state index >= 15 is 0 Å². The third-order valence-electron chi connectivity index (χ3n) is 4.48. The Bertz CT molecular complexity index is 991. The van der Waals surface area contributed by atoms with E-state index in [0.717, 1.165) is 9.15 Å². The van der Waals surface area contributed by atoms with Crippen LogP contribution in [0.1, 0.15) is 44.5 Å². The van der Waals surface area contributed by atoms with Crippen LogP contribution < -0.4 is 5.32 Å². The molecule has 0 spiro atoms. The molecule has 1 atom stereocenters. The van der Waals surface area contributed by atoms with Crippen molar-refractivity contribution >= 4 is 22.0 Å². The summed E-state index contributed by atoms with van der Waals surface area (Å²) in [6.07, 6.45) is 2.71. The van der Waals surface area contributed by atoms with Crippen molar-refractivity contribution in [3.05, 3.63) is 48.3 Å². The van der Waals surface area contributed by atoms with Gasteiger partial charge >= 0.3 is 6.03 Å². The number of carbonyl (C=O) groups is 2. The highest BCUT2D eigenvalue weighted by Gasteiger charge is 2.32. The van der Waals surface area contributed by atoms with Crippen molar-refractivity contribution in [3.8, 4) is 0 Å². The second kappa shape index (κ2) is 10.5. The zero-order chi connectivity index (χ0) is 23.2. The monoisotopic (exact) mass is 451 g/mol. The van der Waals surface area contributed by atoms with Gasteiger partial charge in [-0.3, -0.25) is 9.63 Å². The van der Waals surface area contributed by atoms with Crippen molar-refractivity contribution in [2.24, 2.45) is 0 Å². The second-order valence-electron chi connectivity index (χ2n) is 7.01. The number of nitrogens with zero attached hydrogens (tertiary/aromatic N) is 4. The van der Waals surface area contributed by atoms with Crippen LogP contribution in [0.5, 0.6) is 0 Å². The Morgan fingerprint density at radius 2 is 1.87 bits per heavy atom. The number of amides is 2. The molecule has 10 nitrogen and oxygen atoms in total. The van der Waals surface area contributed by atoms with Gasteiger partial charge in [-0.25, -0.2) is 13.2 Å². The first-order valence-corrected chi connectivity index (χ1v) is 11.4. The molecule has 0 aliphatic rings. The van der Waals surface area contributed by atoms with Crippen LogP contribution in [-0.4, -0.2) is 65.4 Å². The van der Waals surface area contributed by atoms with Crippen LogP contribution in [0.3, 0.4) is 0 Å². The van der Waals surface area contributed by atoms with Gasteiger partial charge in [0, 0.05) is 25.5 Å². The maximum Gasteiger partial charge on any atom is 0.346 e. The number of rotatable bonds is 9. The normalized spacial score (nSPS) is 12.7. The first-order valence-electron chi connectivity index (χ1n) is 9.99. The molecule has 1 aromatic heterocycles. The molecule has 0 bridgehead atoms. The smallest absolute Gasteiger partial charge is 0.332 e. The first kappa shape index (κ1) is 24.5. The molecule has 2 amide bonds. The lowest BCUT2D eigenvalue weighted by Gasteiger charge is -2.28. The van der Waals surface area contributed by atoms with E-state index in [9.17, 15) is 18.0 Å². The van der Waals surface area contributed by atoms with E-state index in [0.29, 0.717) is 6.42 Å². The minimum atomic E-state index is -4.10. The average Bonchev–Trinajstić information content (AvgIpc) is 3.29. The zero-order valence-electron chi connectivity index (χ0n) is 18.3. The Balaban J connectivity index is 2.33. The van der Waals surface area contributed by atoms with Crippen LogP contribution in [0, 0.1) is 0 Å². The Labute approximate surface area is 182 Å². The summed E-state index contributed by atoms with van der Waals surface area (Å²) in [4.78, 5) is 32.1. The predicted octanol–water partition coefficient (Wildman–Crippen LogP) is 2.30. The molecular formula is C20H29N5O5S. The zero-order valence-corrected chi connectivity index (χ0v) is 19.2. The lowest BCUT2D eigenvalue weighted by atomic mass is 10.2. The molecular weight excluding hydrogens is 422 g/mol. The summed E-state index contributed by atoms with van der Waals surface area (Å²) in [5, 5.41) is 6.64. The van der Waals surface area contributed by atoms with Gasteiger partial charge in [0.15, 0.2) is 0 Å². The summed E-state index contributed by atoms with van der Waals surface area (Å²) in [5.41, 5.74) is -0.0359. The largest absolute Gasteiger partial charge is 0.346 e. The van der Waals surface area contributed by atoms with Crippen LogP contribution in [0.4, 0.5) is 4.79 Å². The average molecular weight is 452 g/mol. The molecule has 1 unspecified atom stereocenters. The molecule has 31 heavy (non-hydrogen) atoms. The number of hydroxylamine groups is 1. The van der Waals surface area contributed by atoms with Gasteiger partial charge in [0.05, 0.1) is 17.1 Å². The van der Waals surface area contributed by atoms with Crippen molar-refractivity contribution in [2.45, 2.75) is 51.2 Å². The van der Waals surface area contributed by atoms with Crippen LogP contribution in [-0.2, 0) is 14.9 Å². The maximum atomic E-state index is 13.2. The number of hydrogen-bond acceptors (Lipinski definition) is 6. The Hall–Kier alpha value is -2.76. The molecule has 0 radical (unpaired) electrons. The molecule has 1 aromatic carbocycles. The van der Waals surface area contributed by atoms with Gasteiger partial charge in [0.1, 0.15) is 6.17 Å². The molecule has 170 valence electrons. The van der Waals surface area contributed by atoms with E-state index in [4.69, 9.17) is 4.84 Å². The molecule has 0 saturated carbocycles. The van der Waals surface area contributed by atoms with Gasteiger partial charge < -0.3 is 10.2 Å². The molecule has 1 heterocycles. The van der Waals surface area contributed by atoms with Gasteiger partial charge in [-0.1, -0.05) is 23.5 Å². The lowest BCUT2D eigenvalue weighted by molar-refractivity contribution is -0.0985. The van der Waals surface area contributed by atoms with Crippen LogP contribution in [0.2, 0.25) is 0 Å². The number of nitrogens with one attached hydrogen (secondary N) is 1. The van der Waals surface area contributed by atoms with Gasteiger partial charge in [-0.15, -0.1) is 0 Å². The number of hydrogen-bond donors (Lipinski definition) is 1. The third-order valence-corrected chi connectivity index (χ3v) is 6.39. The van der Waals surface area contributed by atoms with Gasteiger partial charge in [0.2, 0.25) is 0 Å². The molecule has 0 saturated heterocycles. The number of sulfonamides is 1. The van der Waals surface area contributed by atoms with Crippen LogP contribution in [0.25, 0.3) is 0 Å². The van der Waals surface area contributed by atoms with E-state index in [1.807, 2.05) is 0 Å². The van der Waals surface area contributed by atoms with E-state index in [1.54, 1.807) is 45.9 Å². The minimum absolute atomic E-state index is 0.0359. The fourth-order valence-electron chi connectivity index (χ4n) is 2.98. The van der Waals surface area contributed by atoms with E-state index in [1.165, 1.54) is 36.5 Å². The summed E-state index contributed by atoms with van der Waals surface area (Å²) >= 11 is 0. The van der Waals surface area contributed by atoms with Gasteiger partial charge in [-0.2, -0.15) is 9.78 Å². The minimum Gasteiger partial charge on any atom is -0.332 e. The highest BCUT2D eigenvalue weighted by Crippen LogP contribution is 2.23. The molecule has 11 heteroatoms. The molecule has 1 N–H and O–H groups in total. The standard InChI is InChI=1S/C20H29N5O5S/c1-6-18(23(5)20(27)24-14-10-13-21-24)22-19(26)16-11-8-9-12-17(16)31(28,29)25(15(3)4)30-7-2/h8-15,18H,6-7H2,1-5H3,(H,22,26). The molecule has 2 rings (SSSR count). The number of aromatic nitrogens is 2. The second-order valence-corrected chi connectivity index (χ2v) is 8.76. The Morgan fingerprint density at radius 1 is 1.19 bits per heavy atom. The summed E-state index contributed by atoms with van der Waals surface area (Å²) < 4.78 is 28.4. The van der Waals surface area contributed by atoms with Crippen molar-refractivity contribution in [1.29, 1.82) is 0 Å². The van der Waals surface area contributed by atoms with E-state index < -0.39 is 34.2 Å². The summed E-state index contributed by atoms with van der Waals surface area (Å²) in [5.74, 6) is -0.619. The Morgan fingerprint density at radius 3 is 2.42 bits per heavy atom. The molecule has 0 fully saturated rings. The molecule has 0 aliphatic carbocycles. The Kier molecular flexibility index (Phi) is 8.31. The SMILES string of the molecule is CCON(C(C)C)S(=O)(=O)c1ccccc1C(=O)NC(CC)N(C)C(=O)n1cccn1. The van der Waals surface area contributed by atoms with E-state index in [-0.39, 0.29) is 17.1 Å². The third kappa shape index (κ3) is 5.49. The van der Waals surface area contributed by atoms with Crippen molar-refractivity contribution < 1.29 is 22.8 Å². The number of carbonyl (C=O) groups excluding carboxylic acids is 2. The fraction of sp³-hybridized carbons (Fsp3) is 0.450. The maximum absolute atomic E-state index is 13.2. The fourth-order valence-corrected chi connectivity index (χ4v) is 4.66. The lowest BCUT2D eigenvalue weighted by Crippen LogP contribution is -2.50. The highest BCUT2D eigenvalue weighted by molar-refractivity contribution is 7.89.